The first-order valence-electron chi connectivity index (χ1n) is 9.08. The molecule has 114 valence electrons. The standard InChI is InChI=1S/C17H31N3/c1-2-4-17-14(3-1)7-8-20(17)11-13-5-6-16-15(9-13)10-18-12-19-16/h13-19H,1-12H2. The number of nitrogens with one attached hydrogen (secondary N) is 2. The summed E-state index contributed by atoms with van der Waals surface area (Å²) in [5.74, 6) is 2.92. The maximum Gasteiger partial charge on any atom is 0.0456 e. The van der Waals surface area contributed by atoms with E-state index in [1.54, 1.807) is 0 Å². The van der Waals surface area contributed by atoms with Gasteiger partial charge in [0.2, 0.25) is 0 Å². The Morgan fingerprint density at radius 1 is 0.950 bits per heavy atom. The Balaban J connectivity index is 1.33. The van der Waals surface area contributed by atoms with Gasteiger partial charge in [0.25, 0.3) is 0 Å². The van der Waals surface area contributed by atoms with Crippen molar-refractivity contribution in [3.8, 4) is 0 Å². The van der Waals surface area contributed by atoms with Gasteiger partial charge in [0.15, 0.2) is 0 Å². The monoisotopic (exact) mass is 277 g/mol. The van der Waals surface area contributed by atoms with Crippen molar-refractivity contribution in [3.63, 3.8) is 0 Å². The van der Waals surface area contributed by atoms with Crippen molar-refractivity contribution in [2.24, 2.45) is 17.8 Å². The SMILES string of the molecule is C1CCC2C(C1)CCN2CC1CCC2NCNCC2C1. The normalized spacial score (nSPS) is 45.9. The Hall–Kier alpha value is -0.120. The Bertz CT molecular complexity index is 332. The van der Waals surface area contributed by atoms with Gasteiger partial charge >= 0.3 is 0 Å². The van der Waals surface area contributed by atoms with E-state index in [2.05, 4.69) is 15.5 Å². The van der Waals surface area contributed by atoms with Gasteiger partial charge in [-0.1, -0.05) is 12.8 Å². The first-order chi connectivity index (χ1) is 9.90. The van der Waals surface area contributed by atoms with E-state index in [1.165, 1.54) is 71.0 Å². The van der Waals surface area contributed by atoms with Crippen molar-refractivity contribution in [2.75, 3.05) is 26.3 Å². The minimum Gasteiger partial charge on any atom is -0.304 e. The predicted molar refractivity (Wildman–Crippen MR) is 82.6 cm³/mol. The Morgan fingerprint density at radius 3 is 2.90 bits per heavy atom. The molecule has 4 rings (SSSR count). The van der Waals surface area contributed by atoms with Crippen LogP contribution in [0.15, 0.2) is 0 Å². The molecule has 5 atom stereocenters. The average molecular weight is 277 g/mol. The summed E-state index contributed by atoms with van der Waals surface area (Å²) in [6.07, 6.45) is 11.8. The van der Waals surface area contributed by atoms with Crippen LogP contribution < -0.4 is 10.6 Å². The molecule has 0 aromatic rings. The second-order valence-corrected chi connectivity index (χ2v) is 7.78. The Labute approximate surface area is 123 Å². The third-order valence-electron chi connectivity index (χ3n) is 6.60. The summed E-state index contributed by atoms with van der Waals surface area (Å²) in [5.41, 5.74) is 0. The van der Waals surface area contributed by atoms with Crippen LogP contribution >= 0.6 is 0 Å². The lowest BCUT2D eigenvalue weighted by Gasteiger charge is -2.42. The highest BCUT2D eigenvalue weighted by atomic mass is 15.2. The third-order valence-corrected chi connectivity index (χ3v) is 6.60. The van der Waals surface area contributed by atoms with Gasteiger partial charge in [0.05, 0.1) is 0 Å². The van der Waals surface area contributed by atoms with Crippen LogP contribution in [-0.2, 0) is 0 Å². The third kappa shape index (κ3) is 2.65. The van der Waals surface area contributed by atoms with Crippen LogP contribution in [0.3, 0.4) is 0 Å². The summed E-state index contributed by atoms with van der Waals surface area (Å²) in [5, 5.41) is 7.17. The van der Waals surface area contributed by atoms with Crippen LogP contribution in [0.4, 0.5) is 0 Å². The van der Waals surface area contributed by atoms with Crippen LogP contribution in [0.25, 0.3) is 0 Å². The minimum atomic E-state index is 0.813. The molecule has 2 aliphatic heterocycles. The van der Waals surface area contributed by atoms with E-state index in [9.17, 15) is 0 Å². The molecule has 0 aromatic carbocycles. The zero-order valence-corrected chi connectivity index (χ0v) is 12.8. The minimum absolute atomic E-state index is 0.813. The van der Waals surface area contributed by atoms with Crippen molar-refractivity contribution < 1.29 is 0 Å². The number of likely N-dealkylation sites (tertiary alicyclic amines) is 1. The fourth-order valence-electron chi connectivity index (χ4n) is 5.54. The lowest BCUT2D eigenvalue weighted by Crippen LogP contribution is -2.54. The predicted octanol–water partition coefficient (Wildman–Crippen LogP) is 2.19. The van der Waals surface area contributed by atoms with Crippen molar-refractivity contribution in [1.29, 1.82) is 0 Å². The summed E-state index contributed by atoms with van der Waals surface area (Å²) in [6.45, 7) is 5.09. The lowest BCUT2D eigenvalue weighted by atomic mass is 9.76. The number of hydrogen-bond donors (Lipinski definition) is 2. The molecule has 5 unspecified atom stereocenters. The topological polar surface area (TPSA) is 27.3 Å². The highest BCUT2D eigenvalue weighted by Gasteiger charge is 2.38. The van der Waals surface area contributed by atoms with Crippen molar-refractivity contribution in [1.82, 2.24) is 15.5 Å². The molecular formula is C17H31N3. The molecule has 4 fully saturated rings. The summed E-state index contributed by atoms with van der Waals surface area (Å²) < 4.78 is 0. The molecule has 2 N–H and O–H groups in total. The van der Waals surface area contributed by atoms with E-state index < -0.39 is 0 Å². The van der Waals surface area contributed by atoms with Crippen LogP contribution in [0.5, 0.6) is 0 Å². The molecule has 3 heteroatoms. The maximum absolute atomic E-state index is 3.66. The molecule has 0 aromatic heterocycles. The van der Waals surface area contributed by atoms with E-state index >= 15 is 0 Å². The zero-order chi connectivity index (χ0) is 13.4. The molecule has 2 saturated carbocycles. The van der Waals surface area contributed by atoms with Crippen LogP contribution in [0, 0.1) is 17.8 Å². The molecule has 3 nitrogen and oxygen atoms in total. The van der Waals surface area contributed by atoms with Crippen molar-refractivity contribution in [3.05, 3.63) is 0 Å². The quantitative estimate of drug-likeness (QED) is 0.810. The van der Waals surface area contributed by atoms with E-state index in [-0.39, 0.29) is 0 Å². The molecular weight excluding hydrogens is 246 g/mol. The maximum atomic E-state index is 3.66. The van der Waals surface area contributed by atoms with E-state index in [0.29, 0.717) is 0 Å². The summed E-state index contributed by atoms with van der Waals surface area (Å²) >= 11 is 0. The van der Waals surface area contributed by atoms with Crippen LogP contribution in [0.1, 0.15) is 51.4 Å². The molecule has 0 radical (unpaired) electrons. The Kier molecular flexibility index (Phi) is 4.02. The van der Waals surface area contributed by atoms with Gasteiger partial charge < -0.3 is 10.6 Å². The average Bonchev–Trinajstić information content (AvgIpc) is 2.91. The number of rotatable bonds is 2. The fraction of sp³-hybridized carbons (Fsp3) is 1.00. The second kappa shape index (κ2) is 5.94. The fourth-order valence-corrected chi connectivity index (χ4v) is 5.54. The first kappa shape index (κ1) is 13.5. The van der Waals surface area contributed by atoms with Crippen molar-refractivity contribution >= 4 is 0 Å². The molecule has 0 bridgehead atoms. The van der Waals surface area contributed by atoms with Gasteiger partial charge in [-0.05, 0) is 62.8 Å². The van der Waals surface area contributed by atoms with Gasteiger partial charge in [-0.2, -0.15) is 0 Å². The van der Waals surface area contributed by atoms with Gasteiger partial charge in [-0.25, -0.2) is 0 Å². The van der Waals surface area contributed by atoms with E-state index in [4.69, 9.17) is 0 Å². The number of hydrogen-bond acceptors (Lipinski definition) is 3. The summed E-state index contributed by atoms with van der Waals surface area (Å²) in [6, 6.07) is 1.78. The van der Waals surface area contributed by atoms with Gasteiger partial charge in [-0.15, -0.1) is 0 Å². The number of fused-ring (bicyclic) bond motifs is 2. The summed E-state index contributed by atoms with van der Waals surface area (Å²) in [7, 11) is 0. The van der Waals surface area contributed by atoms with Crippen LogP contribution in [-0.4, -0.2) is 43.3 Å². The van der Waals surface area contributed by atoms with E-state index in [0.717, 1.165) is 36.5 Å². The first-order valence-corrected chi connectivity index (χ1v) is 9.08. The molecule has 0 amide bonds. The Morgan fingerprint density at radius 2 is 1.90 bits per heavy atom. The highest BCUT2D eigenvalue weighted by molar-refractivity contribution is 4.93. The zero-order valence-electron chi connectivity index (χ0n) is 12.8. The van der Waals surface area contributed by atoms with Gasteiger partial charge in [-0.3, -0.25) is 4.90 Å². The molecule has 2 heterocycles. The van der Waals surface area contributed by atoms with Gasteiger partial charge in [0.1, 0.15) is 0 Å². The largest absolute Gasteiger partial charge is 0.304 e. The summed E-state index contributed by atoms with van der Waals surface area (Å²) in [4.78, 5) is 2.89. The highest BCUT2D eigenvalue weighted by Crippen LogP contribution is 2.38. The second-order valence-electron chi connectivity index (χ2n) is 7.78. The van der Waals surface area contributed by atoms with Crippen LogP contribution in [0.2, 0.25) is 0 Å². The number of nitrogens with zero attached hydrogens (tertiary/aromatic N) is 1. The molecule has 2 aliphatic carbocycles. The molecule has 4 aliphatic rings. The smallest absolute Gasteiger partial charge is 0.0456 e. The molecule has 2 saturated heterocycles. The lowest BCUT2D eigenvalue weighted by molar-refractivity contribution is 0.109. The molecule has 0 spiro atoms. The van der Waals surface area contributed by atoms with E-state index in [1.807, 2.05) is 0 Å². The molecule has 20 heavy (non-hydrogen) atoms. The van der Waals surface area contributed by atoms with Crippen molar-refractivity contribution in [2.45, 2.75) is 63.5 Å². The van der Waals surface area contributed by atoms with Gasteiger partial charge in [0, 0.05) is 31.8 Å².